The highest BCUT2D eigenvalue weighted by atomic mass is 15.1. The number of nitrogens with one attached hydrogen (secondary N) is 1. The molecule has 1 unspecified atom stereocenters. The minimum atomic E-state index is 0.542. The normalized spacial score (nSPS) is 17.6. The van der Waals surface area contributed by atoms with Gasteiger partial charge in [0.25, 0.3) is 0 Å². The molecule has 0 amide bonds. The quantitative estimate of drug-likeness (QED) is 0.849. The van der Waals surface area contributed by atoms with Gasteiger partial charge in [-0.3, -0.25) is 4.40 Å². The second-order valence-corrected chi connectivity index (χ2v) is 4.79. The van der Waals surface area contributed by atoms with Crippen LogP contribution in [-0.2, 0) is 0 Å². The number of hydrogen-bond donors (Lipinski definition) is 1. The first-order valence-electron chi connectivity index (χ1n) is 6.01. The molecule has 0 bridgehead atoms. The van der Waals surface area contributed by atoms with E-state index < -0.39 is 0 Å². The van der Waals surface area contributed by atoms with Crippen molar-refractivity contribution in [3.63, 3.8) is 0 Å². The van der Waals surface area contributed by atoms with Crippen molar-refractivity contribution in [1.82, 2.24) is 9.38 Å². The Morgan fingerprint density at radius 2 is 2.38 bits per heavy atom. The molecule has 2 aromatic heterocycles. The maximum Gasteiger partial charge on any atom is 0.138 e. The van der Waals surface area contributed by atoms with Crippen molar-refractivity contribution in [2.75, 3.05) is 5.32 Å². The van der Waals surface area contributed by atoms with Crippen LogP contribution in [0, 0.1) is 5.92 Å². The van der Waals surface area contributed by atoms with Gasteiger partial charge in [-0.25, -0.2) is 4.98 Å². The lowest BCUT2D eigenvalue weighted by molar-refractivity contribution is 0.639. The minimum Gasteiger partial charge on any atom is -0.369 e. The van der Waals surface area contributed by atoms with Gasteiger partial charge in [-0.05, 0) is 31.4 Å². The summed E-state index contributed by atoms with van der Waals surface area (Å²) in [5.41, 5.74) is 1.00. The van der Waals surface area contributed by atoms with E-state index in [4.69, 9.17) is 0 Å². The number of anilines is 1. The summed E-state index contributed by atoms with van der Waals surface area (Å²) in [6.07, 6.45) is 7.96. The van der Waals surface area contributed by atoms with E-state index in [1.165, 1.54) is 19.3 Å². The van der Waals surface area contributed by atoms with Crippen LogP contribution in [0.2, 0.25) is 0 Å². The Balaban J connectivity index is 1.79. The number of nitrogens with zero attached hydrogens (tertiary/aromatic N) is 2. The zero-order chi connectivity index (χ0) is 11.0. The standard InChI is InChI=1S/C13H17N3/c1-10(9-11-5-6-11)15-13-4-2-3-12-14-7-8-16(12)13/h2-4,7-8,10-11,15H,5-6,9H2,1H3. The zero-order valence-corrected chi connectivity index (χ0v) is 9.56. The minimum absolute atomic E-state index is 0.542. The summed E-state index contributed by atoms with van der Waals surface area (Å²) in [5.74, 6) is 2.10. The largest absolute Gasteiger partial charge is 0.369 e. The molecule has 1 fully saturated rings. The third-order valence-corrected chi connectivity index (χ3v) is 3.21. The summed E-state index contributed by atoms with van der Waals surface area (Å²) in [6, 6.07) is 6.73. The fourth-order valence-electron chi connectivity index (χ4n) is 2.23. The lowest BCUT2D eigenvalue weighted by Crippen LogP contribution is -2.17. The van der Waals surface area contributed by atoms with E-state index in [0.717, 1.165) is 17.4 Å². The van der Waals surface area contributed by atoms with Gasteiger partial charge in [0.05, 0.1) is 0 Å². The highest BCUT2D eigenvalue weighted by molar-refractivity contribution is 5.50. The van der Waals surface area contributed by atoms with E-state index in [9.17, 15) is 0 Å². The Bertz CT molecular complexity index is 485. The Labute approximate surface area is 95.5 Å². The summed E-state index contributed by atoms with van der Waals surface area (Å²) >= 11 is 0. The van der Waals surface area contributed by atoms with E-state index in [0.29, 0.717) is 6.04 Å². The fraction of sp³-hybridized carbons (Fsp3) is 0.462. The first-order valence-corrected chi connectivity index (χ1v) is 6.01. The molecule has 1 aliphatic rings. The van der Waals surface area contributed by atoms with Crippen LogP contribution in [0.4, 0.5) is 5.82 Å². The molecule has 0 spiro atoms. The predicted octanol–water partition coefficient (Wildman–Crippen LogP) is 2.93. The fourth-order valence-corrected chi connectivity index (χ4v) is 2.23. The molecule has 0 radical (unpaired) electrons. The average molecular weight is 215 g/mol. The van der Waals surface area contributed by atoms with Gasteiger partial charge in [0.15, 0.2) is 0 Å². The molecule has 16 heavy (non-hydrogen) atoms. The van der Waals surface area contributed by atoms with Crippen LogP contribution in [0.3, 0.4) is 0 Å². The third kappa shape index (κ3) is 1.90. The van der Waals surface area contributed by atoms with Crippen LogP contribution in [0.15, 0.2) is 30.6 Å². The van der Waals surface area contributed by atoms with Gasteiger partial charge < -0.3 is 5.32 Å². The van der Waals surface area contributed by atoms with Gasteiger partial charge in [-0.1, -0.05) is 18.9 Å². The number of fused-ring (bicyclic) bond motifs is 1. The lowest BCUT2D eigenvalue weighted by atomic mass is 10.1. The van der Waals surface area contributed by atoms with Gasteiger partial charge >= 0.3 is 0 Å². The van der Waals surface area contributed by atoms with E-state index in [1.807, 2.05) is 18.5 Å². The third-order valence-electron chi connectivity index (χ3n) is 3.21. The van der Waals surface area contributed by atoms with Gasteiger partial charge in [0, 0.05) is 18.4 Å². The number of pyridine rings is 1. The number of imidazole rings is 1. The summed E-state index contributed by atoms with van der Waals surface area (Å²) in [6.45, 7) is 2.26. The summed E-state index contributed by atoms with van der Waals surface area (Å²) < 4.78 is 2.10. The molecule has 1 atom stereocenters. The van der Waals surface area contributed by atoms with Gasteiger partial charge in [-0.2, -0.15) is 0 Å². The molecule has 0 saturated heterocycles. The van der Waals surface area contributed by atoms with Crippen molar-refractivity contribution >= 4 is 11.5 Å². The Hall–Kier alpha value is -1.51. The molecule has 2 aromatic rings. The molecule has 1 saturated carbocycles. The van der Waals surface area contributed by atoms with Crippen molar-refractivity contribution in [3.05, 3.63) is 30.6 Å². The van der Waals surface area contributed by atoms with E-state index in [-0.39, 0.29) is 0 Å². The molecular formula is C13H17N3. The van der Waals surface area contributed by atoms with Gasteiger partial charge in [0.1, 0.15) is 11.5 Å². The Morgan fingerprint density at radius 3 is 3.19 bits per heavy atom. The first-order chi connectivity index (χ1) is 7.83. The van der Waals surface area contributed by atoms with Crippen molar-refractivity contribution in [3.8, 4) is 0 Å². The highest BCUT2D eigenvalue weighted by Crippen LogP contribution is 2.34. The van der Waals surface area contributed by atoms with Crippen LogP contribution < -0.4 is 5.32 Å². The molecule has 2 heterocycles. The first kappa shape index (κ1) is 9.70. The van der Waals surface area contributed by atoms with Crippen LogP contribution in [0.1, 0.15) is 26.2 Å². The predicted molar refractivity (Wildman–Crippen MR) is 65.6 cm³/mol. The molecule has 0 aromatic carbocycles. The lowest BCUT2D eigenvalue weighted by Gasteiger charge is -2.15. The molecule has 1 N–H and O–H groups in total. The molecule has 0 aliphatic heterocycles. The monoisotopic (exact) mass is 215 g/mol. The number of rotatable bonds is 4. The SMILES string of the molecule is CC(CC1CC1)Nc1cccc2nccn12. The maximum absolute atomic E-state index is 4.28. The molecule has 3 heteroatoms. The van der Waals surface area contributed by atoms with E-state index >= 15 is 0 Å². The molecule has 84 valence electrons. The second kappa shape index (κ2) is 3.81. The van der Waals surface area contributed by atoms with Crippen molar-refractivity contribution < 1.29 is 0 Å². The average Bonchev–Trinajstić information content (AvgIpc) is 2.94. The van der Waals surface area contributed by atoms with Crippen molar-refractivity contribution in [2.45, 2.75) is 32.2 Å². The maximum atomic E-state index is 4.28. The smallest absolute Gasteiger partial charge is 0.138 e. The van der Waals surface area contributed by atoms with Crippen LogP contribution in [-0.4, -0.2) is 15.4 Å². The van der Waals surface area contributed by atoms with E-state index in [1.54, 1.807) is 0 Å². The summed E-state index contributed by atoms with van der Waals surface area (Å²) in [4.78, 5) is 4.28. The second-order valence-electron chi connectivity index (χ2n) is 4.79. The molecule has 3 rings (SSSR count). The Kier molecular flexibility index (Phi) is 2.31. The van der Waals surface area contributed by atoms with Gasteiger partial charge in [-0.15, -0.1) is 0 Å². The number of aromatic nitrogens is 2. The zero-order valence-electron chi connectivity index (χ0n) is 9.56. The molecule has 1 aliphatic carbocycles. The topological polar surface area (TPSA) is 29.3 Å². The van der Waals surface area contributed by atoms with Crippen LogP contribution >= 0.6 is 0 Å². The van der Waals surface area contributed by atoms with Crippen LogP contribution in [0.5, 0.6) is 0 Å². The molecule has 3 nitrogen and oxygen atoms in total. The molecular weight excluding hydrogens is 198 g/mol. The summed E-state index contributed by atoms with van der Waals surface area (Å²) in [5, 5.41) is 3.57. The van der Waals surface area contributed by atoms with E-state index in [2.05, 4.69) is 33.8 Å². The van der Waals surface area contributed by atoms with Crippen molar-refractivity contribution in [1.29, 1.82) is 0 Å². The number of hydrogen-bond acceptors (Lipinski definition) is 2. The van der Waals surface area contributed by atoms with Gasteiger partial charge in [0.2, 0.25) is 0 Å². The van der Waals surface area contributed by atoms with Crippen LogP contribution in [0.25, 0.3) is 5.65 Å². The highest BCUT2D eigenvalue weighted by Gasteiger charge is 2.23. The summed E-state index contributed by atoms with van der Waals surface area (Å²) in [7, 11) is 0. The Morgan fingerprint density at radius 1 is 1.50 bits per heavy atom. The van der Waals surface area contributed by atoms with Crippen molar-refractivity contribution in [2.24, 2.45) is 5.92 Å².